The number of fused-ring (bicyclic) bond motifs is 1. The van der Waals surface area contributed by atoms with Gasteiger partial charge in [-0.2, -0.15) is 10.5 Å². The third kappa shape index (κ3) is 2.98. The minimum absolute atomic E-state index is 0.0486. The molecule has 2 rings (SSSR count). The summed E-state index contributed by atoms with van der Waals surface area (Å²) < 4.78 is 21.0. The quantitative estimate of drug-likeness (QED) is 0.397. The van der Waals surface area contributed by atoms with Crippen LogP contribution in [0.5, 0.6) is 0 Å². The third-order valence-corrected chi connectivity index (χ3v) is 3.24. The van der Waals surface area contributed by atoms with Crippen molar-refractivity contribution in [3.8, 4) is 12.1 Å². The normalized spacial score (nSPS) is 28.8. The molecule has 0 aromatic heterocycles. The molecule has 2 saturated heterocycles. The fraction of sp³-hybridized carbons (Fsp3) is 0.429. The first-order chi connectivity index (χ1) is 10.5. The summed E-state index contributed by atoms with van der Waals surface area (Å²) in [5.41, 5.74) is -0.649. The van der Waals surface area contributed by atoms with Gasteiger partial charge < -0.3 is 18.9 Å². The molecule has 8 heteroatoms. The van der Waals surface area contributed by atoms with E-state index < -0.39 is 36.4 Å². The average molecular weight is 304 g/mol. The van der Waals surface area contributed by atoms with Gasteiger partial charge in [0.05, 0.1) is 13.2 Å². The molecule has 4 atom stereocenters. The Morgan fingerprint density at radius 1 is 0.909 bits per heavy atom. The number of esters is 2. The van der Waals surface area contributed by atoms with Gasteiger partial charge in [-0.05, 0) is 0 Å². The topological polar surface area (TPSA) is 119 Å². The summed E-state index contributed by atoms with van der Waals surface area (Å²) in [5, 5.41) is 17.2. The third-order valence-electron chi connectivity index (χ3n) is 3.24. The van der Waals surface area contributed by atoms with Crippen LogP contribution in [0.1, 0.15) is 0 Å². The van der Waals surface area contributed by atoms with Crippen molar-refractivity contribution in [1.29, 1.82) is 10.5 Å². The lowest BCUT2D eigenvalue weighted by molar-refractivity contribution is -0.150. The molecule has 2 aliphatic rings. The molecule has 2 heterocycles. The van der Waals surface area contributed by atoms with E-state index in [1.54, 1.807) is 12.1 Å². The van der Waals surface area contributed by atoms with Crippen LogP contribution in [0, 0.1) is 22.7 Å². The van der Waals surface area contributed by atoms with Gasteiger partial charge in [0.25, 0.3) is 0 Å². The number of carbonyl (C=O) groups is 2. The molecule has 22 heavy (non-hydrogen) atoms. The molecular weight excluding hydrogens is 292 g/mol. The lowest BCUT2D eigenvalue weighted by atomic mass is 10.1. The van der Waals surface area contributed by atoms with E-state index in [1.807, 2.05) is 0 Å². The van der Waals surface area contributed by atoms with Crippen LogP contribution in [0.25, 0.3) is 0 Å². The Balaban J connectivity index is 1.95. The molecule has 8 nitrogen and oxygen atoms in total. The number of nitriles is 2. The number of hydrogen-bond acceptors (Lipinski definition) is 8. The standard InChI is InChI=1S/C14H12N2O6/c1-7(3-15)13(17)21-9-5-19-12-10(6-20-11(9)12)22-14(18)8(2)4-16/h9-12H,1-2,5-6H2/t9-,10+,11-,12?/m1/s1. The SMILES string of the molecule is C=C(C#N)C(=O)O[C@H]1CO[C@H]2C1OC[C@H]2OC(=O)C(=C)C#N. The van der Waals surface area contributed by atoms with Crippen LogP contribution < -0.4 is 0 Å². The minimum atomic E-state index is -0.848. The predicted octanol–water partition coefficient (Wildman–Crippen LogP) is -0.233. The van der Waals surface area contributed by atoms with Crippen molar-refractivity contribution in [2.75, 3.05) is 13.2 Å². The Kier molecular flexibility index (Phi) is 4.56. The van der Waals surface area contributed by atoms with Gasteiger partial charge in [0.2, 0.25) is 0 Å². The number of ether oxygens (including phenoxy) is 4. The van der Waals surface area contributed by atoms with Crippen LogP contribution in [0.2, 0.25) is 0 Å². The van der Waals surface area contributed by atoms with Crippen LogP contribution in [-0.4, -0.2) is 49.6 Å². The minimum Gasteiger partial charge on any atom is -0.453 e. The van der Waals surface area contributed by atoms with Gasteiger partial charge in [0.1, 0.15) is 35.5 Å². The van der Waals surface area contributed by atoms with Crippen LogP contribution in [0.4, 0.5) is 0 Å². The Morgan fingerprint density at radius 3 is 1.59 bits per heavy atom. The summed E-state index contributed by atoms with van der Waals surface area (Å²) in [7, 11) is 0. The van der Waals surface area contributed by atoms with E-state index in [1.165, 1.54) is 0 Å². The van der Waals surface area contributed by atoms with Crippen molar-refractivity contribution in [3.63, 3.8) is 0 Å². The molecule has 0 spiro atoms. The van der Waals surface area contributed by atoms with Crippen molar-refractivity contribution in [3.05, 3.63) is 24.3 Å². The maximum atomic E-state index is 11.5. The lowest BCUT2D eigenvalue weighted by Gasteiger charge is -2.16. The zero-order valence-corrected chi connectivity index (χ0v) is 11.5. The lowest BCUT2D eigenvalue weighted by Crippen LogP contribution is -2.36. The monoisotopic (exact) mass is 304 g/mol. The van der Waals surface area contributed by atoms with Crippen LogP contribution in [0.3, 0.4) is 0 Å². The largest absolute Gasteiger partial charge is 0.453 e. The highest BCUT2D eigenvalue weighted by Crippen LogP contribution is 2.31. The van der Waals surface area contributed by atoms with Crippen LogP contribution in [0.15, 0.2) is 24.3 Å². The summed E-state index contributed by atoms with van der Waals surface area (Å²) >= 11 is 0. The first-order valence-electron chi connectivity index (χ1n) is 6.31. The van der Waals surface area contributed by atoms with E-state index in [0.717, 1.165) is 0 Å². The van der Waals surface area contributed by atoms with E-state index in [0.29, 0.717) is 0 Å². The smallest absolute Gasteiger partial charge is 0.348 e. The molecule has 0 aromatic carbocycles. The summed E-state index contributed by atoms with van der Waals surface area (Å²) in [6, 6.07) is 3.18. The highest BCUT2D eigenvalue weighted by molar-refractivity contribution is 5.92. The molecular formula is C14H12N2O6. The zero-order chi connectivity index (χ0) is 16.3. The second kappa shape index (κ2) is 6.39. The van der Waals surface area contributed by atoms with Crippen LogP contribution >= 0.6 is 0 Å². The number of nitrogens with zero attached hydrogens (tertiary/aromatic N) is 2. The average Bonchev–Trinajstić information content (AvgIpc) is 3.09. The number of hydrogen-bond donors (Lipinski definition) is 0. The van der Waals surface area contributed by atoms with Gasteiger partial charge in [0.15, 0.2) is 12.2 Å². The maximum absolute atomic E-state index is 11.5. The first kappa shape index (κ1) is 15.7. The maximum Gasteiger partial charge on any atom is 0.348 e. The Bertz CT molecular complexity index is 560. The first-order valence-corrected chi connectivity index (χ1v) is 6.31. The molecule has 0 saturated carbocycles. The molecule has 0 amide bonds. The summed E-state index contributed by atoms with van der Waals surface area (Å²) in [4.78, 5) is 23.0. The molecule has 0 radical (unpaired) electrons. The van der Waals surface area contributed by atoms with Gasteiger partial charge in [-0.15, -0.1) is 0 Å². The number of carbonyl (C=O) groups excluding carboxylic acids is 2. The Labute approximate surface area is 126 Å². The van der Waals surface area contributed by atoms with E-state index in [9.17, 15) is 9.59 Å². The van der Waals surface area contributed by atoms with Crippen molar-refractivity contribution in [2.45, 2.75) is 24.4 Å². The summed E-state index contributed by atoms with van der Waals surface area (Å²) in [5.74, 6) is -1.70. The van der Waals surface area contributed by atoms with E-state index in [-0.39, 0.29) is 24.4 Å². The van der Waals surface area contributed by atoms with Crippen molar-refractivity contribution < 1.29 is 28.5 Å². The summed E-state index contributed by atoms with van der Waals surface area (Å²) in [6.45, 7) is 6.61. The van der Waals surface area contributed by atoms with E-state index in [4.69, 9.17) is 29.5 Å². The number of rotatable bonds is 4. The molecule has 114 valence electrons. The van der Waals surface area contributed by atoms with Crippen LogP contribution in [-0.2, 0) is 28.5 Å². The molecule has 0 N–H and O–H groups in total. The fourth-order valence-electron chi connectivity index (χ4n) is 2.14. The highest BCUT2D eigenvalue weighted by atomic mass is 16.7. The Hall–Kier alpha value is -2.68. The zero-order valence-electron chi connectivity index (χ0n) is 11.5. The molecule has 2 aliphatic heterocycles. The summed E-state index contributed by atoms with van der Waals surface area (Å²) in [6.07, 6.45) is -2.65. The molecule has 0 aromatic rings. The van der Waals surface area contributed by atoms with Gasteiger partial charge in [-0.3, -0.25) is 0 Å². The van der Waals surface area contributed by atoms with Gasteiger partial charge in [-0.1, -0.05) is 13.2 Å². The van der Waals surface area contributed by atoms with Gasteiger partial charge >= 0.3 is 11.9 Å². The van der Waals surface area contributed by atoms with Crippen molar-refractivity contribution >= 4 is 11.9 Å². The second-order valence-corrected chi connectivity index (χ2v) is 4.66. The molecule has 2 fully saturated rings. The fourth-order valence-corrected chi connectivity index (χ4v) is 2.14. The molecule has 0 bridgehead atoms. The Morgan fingerprint density at radius 2 is 1.27 bits per heavy atom. The predicted molar refractivity (Wildman–Crippen MR) is 68.7 cm³/mol. The molecule has 0 aliphatic carbocycles. The van der Waals surface area contributed by atoms with Crippen molar-refractivity contribution in [1.82, 2.24) is 0 Å². The molecule has 1 unspecified atom stereocenters. The highest BCUT2D eigenvalue weighted by Gasteiger charge is 2.51. The van der Waals surface area contributed by atoms with E-state index >= 15 is 0 Å². The van der Waals surface area contributed by atoms with Gasteiger partial charge in [0, 0.05) is 0 Å². The second-order valence-electron chi connectivity index (χ2n) is 4.66. The van der Waals surface area contributed by atoms with E-state index in [2.05, 4.69) is 13.2 Å². The van der Waals surface area contributed by atoms with Crippen molar-refractivity contribution in [2.24, 2.45) is 0 Å². The van der Waals surface area contributed by atoms with Gasteiger partial charge in [-0.25, -0.2) is 9.59 Å².